The quantitative estimate of drug-likeness (QED) is 0.561. The molecule has 1 aliphatic heterocycles. The molecule has 0 atom stereocenters. The fraction of sp³-hybridized carbons (Fsp3) is 0.400. The van der Waals surface area contributed by atoms with Crippen LogP contribution in [-0.2, 0) is 6.54 Å². The van der Waals surface area contributed by atoms with Crippen molar-refractivity contribution >= 4 is 28.4 Å². The van der Waals surface area contributed by atoms with Crippen LogP contribution in [-0.4, -0.2) is 46.4 Å². The number of fused-ring (bicyclic) bond motifs is 1. The molecule has 0 radical (unpaired) electrons. The lowest BCUT2D eigenvalue weighted by Crippen LogP contribution is -2.43. The van der Waals surface area contributed by atoms with E-state index in [1.807, 2.05) is 53.4 Å². The first-order chi connectivity index (χ1) is 14.5. The van der Waals surface area contributed by atoms with Gasteiger partial charge in [0.15, 0.2) is 0 Å². The largest absolute Gasteiger partial charge is 0.351 e. The summed E-state index contributed by atoms with van der Waals surface area (Å²) >= 11 is 6.12. The lowest BCUT2D eigenvalue weighted by atomic mass is 9.95. The number of piperidine rings is 1. The Morgan fingerprint density at radius 1 is 1.13 bits per heavy atom. The van der Waals surface area contributed by atoms with Crippen molar-refractivity contribution in [3.8, 4) is 0 Å². The SMILES string of the molecule is CC(C)N(CC1CCN(Cc2cccc(Cl)c2)CC1)C(=O)c1cc2ccccc2[nH]1. The van der Waals surface area contributed by atoms with Crippen molar-refractivity contribution in [2.45, 2.75) is 39.3 Å². The molecule has 0 unspecified atom stereocenters. The second-order valence-electron chi connectivity index (χ2n) is 8.67. The molecule has 1 amide bonds. The van der Waals surface area contributed by atoms with Crippen LogP contribution in [0.4, 0.5) is 0 Å². The van der Waals surface area contributed by atoms with Gasteiger partial charge in [0, 0.05) is 35.1 Å². The number of para-hydroxylation sites is 1. The molecule has 1 aliphatic rings. The number of halogens is 1. The van der Waals surface area contributed by atoms with Gasteiger partial charge in [-0.15, -0.1) is 0 Å². The number of carbonyl (C=O) groups excluding carboxylic acids is 1. The summed E-state index contributed by atoms with van der Waals surface area (Å²) in [6, 6.07) is 18.3. The lowest BCUT2D eigenvalue weighted by molar-refractivity contribution is 0.0620. The summed E-state index contributed by atoms with van der Waals surface area (Å²) in [6.45, 7) is 8.09. The van der Waals surface area contributed by atoms with Crippen molar-refractivity contribution in [2.75, 3.05) is 19.6 Å². The topological polar surface area (TPSA) is 39.3 Å². The predicted molar refractivity (Wildman–Crippen MR) is 124 cm³/mol. The molecule has 30 heavy (non-hydrogen) atoms. The number of nitrogens with one attached hydrogen (secondary N) is 1. The first-order valence-electron chi connectivity index (χ1n) is 10.8. The Hall–Kier alpha value is -2.30. The number of rotatable bonds is 6. The molecule has 2 heterocycles. The Kier molecular flexibility index (Phi) is 6.45. The van der Waals surface area contributed by atoms with Gasteiger partial charge in [0.1, 0.15) is 5.69 Å². The zero-order chi connectivity index (χ0) is 21.1. The molecule has 3 aromatic rings. The van der Waals surface area contributed by atoms with Crippen LogP contribution in [0.5, 0.6) is 0 Å². The molecule has 4 rings (SSSR count). The summed E-state index contributed by atoms with van der Waals surface area (Å²) in [7, 11) is 0. The van der Waals surface area contributed by atoms with E-state index in [9.17, 15) is 4.79 Å². The third-order valence-corrected chi connectivity index (χ3v) is 6.34. The molecule has 0 saturated carbocycles. The first kappa shape index (κ1) is 21.0. The minimum Gasteiger partial charge on any atom is -0.351 e. The summed E-state index contributed by atoms with van der Waals surface area (Å²) in [5.74, 6) is 0.638. The van der Waals surface area contributed by atoms with E-state index in [1.54, 1.807) is 0 Å². The second-order valence-corrected chi connectivity index (χ2v) is 9.11. The third-order valence-electron chi connectivity index (χ3n) is 6.10. The average molecular weight is 424 g/mol. The molecule has 4 nitrogen and oxygen atoms in total. The highest BCUT2D eigenvalue weighted by Gasteiger charge is 2.26. The molecule has 2 aromatic carbocycles. The number of aromatic nitrogens is 1. The summed E-state index contributed by atoms with van der Waals surface area (Å²) < 4.78 is 0. The van der Waals surface area contributed by atoms with Crippen molar-refractivity contribution in [3.05, 3.63) is 70.9 Å². The fourth-order valence-corrected chi connectivity index (χ4v) is 4.58. The average Bonchev–Trinajstić information content (AvgIpc) is 3.17. The van der Waals surface area contributed by atoms with Gasteiger partial charge in [-0.1, -0.05) is 41.9 Å². The van der Waals surface area contributed by atoms with Crippen molar-refractivity contribution in [3.63, 3.8) is 0 Å². The molecular weight excluding hydrogens is 394 g/mol. The number of benzene rings is 2. The number of carbonyl (C=O) groups is 1. The Balaban J connectivity index is 1.36. The first-order valence-corrected chi connectivity index (χ1v) is 11.2. The summed E-state index contributed by atoms with van der Waals surface area (Å²) in [5.41, 5.74) is 2.96. The highest BCUT2D eigenvalue weighted by Crippen LogP contribution is 2.23. The van der Waals surface area contributed by atoms with Gasteiger partial charge < -0.3 is 9.88 Å². The lowest BCUT2D eigenvalue weighted by Gasteiger charge is -2.36. The zero-order valence-corrected chi connectivity index (χ0v) is 18.5. The van der Waals surface area contributed by atoms with Crippen molar-refractivity contribution in [1.29, 1.82) is 0 Å². The molecule has 1 saturated heterocycles. The normalized spacial score (nSPS) is 15.7. The van der Waals surface area contributed by atoms with Crippen molar-refractivity contribution < 1.29 is 4.79 Å². The minimum atomic E-state index is 0.0996. The Morgan fingerprint density at radius 2 is 1.90 bits per heavy atom. The van der Waals surface area contributed by atoms with Gasteiger partial charge in [-0.2, -0.15) is 0 Å². The standard InChI is InChI=1S/C25H30ClN3O/c1-18(2)29(25(30)24-15-21-7-3-4-9-23(21)27-24)17-19-10-12-28(13-11-19)16-20-6-5-8-22(26)14-20/h3-9,14-15,18-19,27H,10-13,16-17H2,1-2H3. The van der Waals surface area contributed by atoms with Gasteiger partial charge in [0.05, 0.1) is 0 Å². The maximum Gasteiger partial charge on any atom is 0.270 e. The van der Waals surface area contributed by atoms with Crippen LogP contribution < -0.4 is 0 Å². The number of hydrogen-bond acceptors (Lipinski definition) is 2. The Bertz CT molecular complexity index is 971. The van der Waals surface area contributed by atoms with Gasteiger partial charge in [-0.25, -0.2) is 0 Å². The van der Waals surface area contributed by atoms with Gasteiger partial charge in [0.25, 0.3) is 5.91 Å². The number of H-pyrrole nitrogens is 1. The van der Waals surface area contributed by atoms with Crippen molar-refractivity contribution in [1.82, 2.24) is 14.8 Å². The van der Waals surface area contributed by atoms with E-state index in [1.165, 1.54) is 5.56 Å². The summed E-state index contributed by atoms with van der Waals surface area (Å²) in [5, 5.41) is 1.88. The van der Waals surface area contributed by atoms with Gasteiger partial charge >= 0.3 is 0 Å². The highest BCUT2D eigenvalue weighted by atomic mass is 35.5. The maximum atomic E-state index is 13.2. The summed E-state index contributed by atoms with van der Waals surface area (Å²) in [6.07, 6.45) is 2.23. The van der Waals surface area contributed by atoms with Crippen LogP contribution >= 0.6 is 11.6 Å². The molecule has 0 spiro atoms. The van der Waals surface area contributed by atoms with E-state index < -0.39 is 0 Å². The van der Waals surface area contributed by atoms with E-state index in [0.717, 1.165) is 54.9 Å². The van der Waals surface area contributed by atoms with Crippen molar-refractivity contribution in [2.24, 2.45) is 5.92 Å². The van der Waals surface area contributed by atoms with Crippen LogP contribution in [0.3, 0.4) is 0 Å². The fourth-order valence-electron chi connectivity index (χ4n) is 4.37. The molecule has 0 aliphatic carbocycles. The summed E-state index contributed by atoms with van der Waals surface area (Å²) in [4.78, 5) is 21.1. The van der Waals surface area contributed by atoms with E-state index in [-0.39, 0.29) is 11.9 Å². The zero-order valence-electron chi connectivity index (χ0n) is 17.8. The third kappa shape index (κ3) is 4.88. The van der Waals surface area contributed by atoms with E-state index in [2.05, 4.69) is 29.8 Å². The van der Waals surface area contributed by atoms with Gasteiger partial charge in [-0.3, -0.25) is 9.69 Å². The highest BCUT2D eigenvalue weighted by molar-refractivity contribution is 6.30. The van der Waals surface area contributed by atoms with Crippen LogP contribution in [0.15, 0.2) is 54.6 Å². The minimum absolute atomic E-state index is 0.0996. The second kappa shape index (κ2) is 9.23. The Labute approximate surface area is 183 Å². The molecule has 1 aromatic heterocycles. The van der Waals surface area contributed by atoms with Gasteiger partial charge in [-0.05, 0) is 75.5 Å². The number of hydrogen-bond donors (Lipinski definition) is 1. The van der Waals surface area contributed by atoms with Crippen LogP contribution in [0.25, 0.3) is 10.9 Å². The molecule has 0 bridgehead atoms. The smallest absolute Gasteiger partial charge is 0.270 e. The number of likely N-dealkylation sites (tertiary alicyclic amines) is 1. The number of nitrogens with zero attached hydrogens (tertiary/aromatic N) is 2. The van der Waals surface area contributed by atoms with Crippen LogP contribution in [0.1, 0.15) is 42.7 Å². The molecule has 158 valence electrons. The Morgan fingerprint density at radius 3 is 2.60 bits per heavy atom. The maximum absolute atomic E-state index is 13.2. The predicted octanol–water partition coefficient (Wildman–Crippen LogP) is 5.58. The van der Waals surface area contributed by atoms with E-state index in [0.29, 0.717) is 11.6 Å². The van der Waals surface area contributed by atoms with E-state index >= 15 is 0 Å². The monoisotopic (exact) mass is 423 g/mol. The van der Waals surface area contributed by atoms with E-state index in [4.69, 9.17) is 11.6 Å². The molecular formula is C25H30ClN3O. The number of aromatic amines is 1. The van der Waals surface area contributed by atoms with Crippen LogP contribution in [0.2, 0.25) is 5.02 Å². The molecule has 1 N–H and O–H groups in total. The van der Waals surface area contributed by atoms with Crippen LogP contribution in [0, 0.1) is 5.92 Å². The molecule has 1 fully saturated rings. The molecule has 5 heteroatoms. The van der Waals surface area contributed by atoms with Gasteiger partial charge in [0.2, 0.25) is 0 Å². The number of amides is 1.